The highest BCUT2D eigenvalue weighted by atomic mass is 32.2. The minimum Gasteiger partial charge on any atom is -0.376 e. The van der Waals surface area contributed by atoms with Crippen molar-refractivity contribution in [3.63, 3.8) is 0 Å². The van der Waals surface area contributed by atoms with Crippen molar-refractivity contribution in [1.29, 1.82) is 5.26 Å². The molecular weight excluding hydrogens is 238 g/mol. The van der Waals surface area contributed by atoms with Crippen LogP contribution in [0.25, 0.3) is 0 Å². The molecule has 1 aromatic heterocycles. The van der Waals surface area contributed by atoms with E-state index in [0.29, 0.717) is 6.42 Å². The molecule has 0 bridgehead atoms. The second-order valence-corrected chi connectivity index (χ2v) is 4.95. The zero-order valence-electron chi connectivity index (χ0n) is 9.58. The number of ether oxygens (including phenoxy) is 1. The predicted octanol–water partition coefficient (Wildman–Crippen LogP) is 1.25. The fraction of sp³-hybridized carbons (Fsp3) is 0.800. The van der Waals surface area contributed by atoms with Gasteiger partial charge in [-0.05, 0) is 29.7 Å². The van der Waals surface area contributed by atoms with Gasteiger partial charge in [-0.25, -0.2) is 4.68 Å². The van der Waals surface area contributed by atoms with E-state index in [1.807, 2.05) is 0 Å². The second kappa shape index (κ2) is 6.57. The molecule has 7 heteroatoms. The van der Waals surface area contributed by atoms with Gasteiger partial charge in [-0.3, -0.25) is 0 Å². The lowest BCUT2D eigenvalue weighted by molar-refractivity contribution is 0.0912. The molecular formula is C10H15N5OS. The van der Waals surface area contributed by atoms with Crippen molar-refractivity contribution in [3.05, 3.63) is 0 Å². The normalized spacial score (nSPS) is 19.4. The van der Waals surface area contributed by atoms with Crippen LogP contribution in [0, 0.1) is 11.3 Å². The Hall–Kier alpha value is -1.13. The van der Waals surface area contributed by atoms with Gasteiger partial charge in [0.2, 0.25) is 5.16 Å². The van der Waals surface area contributed by atoms with Gasteiger partial charge in [0.1, 0.15) is 0 Å². The topological polar surface area (TPSA) is 76.6 Å². The summed E-state index contributed by atoms with van der Waals surface area (Å²) in [6, 6.07) is 2.13. The highest BCUT2D eigenvalue weighted by Gasteiger charge is 2.18. The lowest BCUT2D eigenvalue weighted by atomic mass is 10.2. The van der Waals surface area contributed by atoms with Gasteiger partial charge in [-0.1, -0.05) is 11.8 Å². The minimum absolute atomic E-state index is 0.247. The first-order chi connectivity index (χ1) is 8.40. The molecule has 1 aliphatic heterocycles. The summed E-state index contributed by atoms with van der Waals surface area (Å²) < 4.78 is 7.35. The van der Waals surface area contributed by atoms with E-state index in [2.05, 4.69) is 21.6 Å². The zero-order chi connectivity index (χ0) is 11.9. The Morgan fingerprint density at radius 3 is 3.29 bits per heavy atom. The second-order valence-electron chi connectivity index (χ2n) is 3.89. The maximum atomic E-state index is 8.45. The van der Waals surface area contributed by atoms with E-state index in [1.165, 1.54) is 0 Å². The maximum absolute atomic E-state index is 8.45. The van der Waals surface area contributed by atoms with Crippen molar-refractivity contribution < 1.29 is 4.74 Å². The average Bonchev–Trinajstić information content (AvgIpc) is 2.97. The molecule has 1 saturated heterocycles. The maximum Gasteiger partial charge on any atom is 0.209 e. The van der Waals surface area contributed by atoms with Gasteiger partial charge < -0.3 is 4.74 Å². The summed E-state index contributed by atoms with van der Waals surface area (Å²) in [7, 11) is 0. The lowest BCUT2D eigenvalue weighted by Gasteiger charge is -2.09. The molecule has 1 aliphatic rings. The first kappa shape index (κ1) is 12.3. The van der Waals surface area contributed by atoms with Crippen LogP contribution in [0.4, 0.5) is 0 Å². The monoisotopic (exact) mass is 253 g/mol. The van der Waals surface area contributed by atoms with Gasteiger partial charge in [0.15, 0.2) is 0 Å². The number of hydrogen-bond donors (Lipinski definition) is 0. The fourth-order valence-corrected chi connectivity index (χ4v) is 2.54. The van der Waals surface area contributed by atoms with Gasteiger partial charge in [-0.2, -0.15) is 5.26 Å². The van der Waals surface area contributed by atoms with Crippen molar-refractivity contribution in [2.45, 2.75) is 43.5 Å². The molecule has 0 amide bonds. The van der Waals surface area contributed by atoms with E-state index in [9.17, 15) is 0 Å². The highest BCUT2D eigenvalue weighted by Crippen LogP contribution is 2.19. The van der Waals surface area contributed by atoms with E-state index in [-0.39, 0.29) is 6.10 Å². The van der Waals surface area contributed by atoms with Crippen LogP contribution < -0.4 is 0 Å². The summed E-state index contributed by atoms with van der Waals surface area (Å²) in [5, 5.41) is 20.9. The minimum atomic E-state index is 0.247. The largest absolute Gasteiger partial charge is 0.376 e. The summed E-state index contributed by atoms with van der Waals surface area (Å²) in [4.78, 5) is 0. The van der Waals surface area contributed by atoms with Crippen LogP contribution in [0.5, 0.6) is 0 Å². The Kier molecular flexibility index (Phi) is 4.76. The Balaban J connectivity index is 1.81. The van der Waals surface area contributed by atoms with Crippen LogP contribution in [-0.4, -0.2) is 38.7 Å². The van der Waals surface area contributed by atoms with E-state index < -0.39 is 0 Å². The molecule has 1 unspecified atom stereocenters. The molecule has 0 saturated carbocycles. The standard InChI is InChI=1S/C10H15N5OS/c11-5-1-2-7-17-10-12-13-14-15(10)8-9-4-3-6-16-9/h9H,1-4,6-8H2. The fourth-order valence-electron chi connectivity index (χ4n) is 1.71. The Bertz CT molecular complexity index is 382. The van der Waals surface area contributed by atoms with Gasteiger partial charge >= 0.3 is 0 Å². The molecule has 1 atom stereocenters. The lowest BCUT2D eigenvalue weighted by Crippen LogP contribution is -2.16. The van der Waals surface area contributed by atoms with Crippen molar-refractivity contribution in [1.82, 2.24) is 20.2 Å². The number of aromatic nitrogens is 4. The number of nitrogens with zero attached hydrogens (tertiary/aromatic N) is 5. The molecule has 2 heterocycles. The smallest absolute Gasteiger partial charge is 0.209 e. The number of nitriles is 1. The summed E-state index contributed by atoms with van der Waals surface area (Å²) in [6.45, 7) is 1.57. The van der Waals surface area contributed by atoms with Crippen molar-refractivity contribution in [2.75, 3.05) is 12.4 Å². The van der Waals surface area contributed by atoms with E-state index in [1.54, 1.807) is 16.4 Å². The van der Waals surface area contributed by atoms with Crippen LogP contribution in [-0.2, 0) is 11.3 Å². The Morgan fingerprint density at radius 1 is 1.59 bits per heavy atom. The van der Waals surface area contributed by atoms with Gasteiger partial charge in [0.25, 0.3) is 0 Å². The van der Waals surface area contributed by atoms with Crippen LogP contribution in [0.1, 0.15) is 25.7 Å². The van der Waals surface area contributed by atoms with Crippen molar-refractivity contribution >= 4 is 11.8 Å². The molecule has 92 valence electrons. The van der Waals surface area contributed by atoms with E-state index in [0.717, 1.165) is 43.3 Å². The average molecular weight is 253 g/mol. The quantitative estimate of drug-likeness (QED) is 0.561. The van der Waals surface area contributed by atoms with Crippen LogP contribution >= 0.6 is 11.8 Å². The molecule has 0 aromatic carbocycles. The molecule has 6 nitrogen and oxygen atoms in total. The first-order valence-corrected chi connectivity index (χ1v) is 6.76. The SMILES string of the molecule is N#CCCCSc1nnnn1CC1CCCO1. The summed E-state index contributed by atoms with van der Waals surface area (Å²) in [5.74, 6) is 0.874. The number of unbranched alkanes of at least 4 members (excludes halogenated alkanes) is 1. The molecule has 0 N–H and O–H groups in total. The van der Waals surface area contributed by atoms with Crippen LogP contribution in [0.3, 0.4) is 0 Å². The molecule has 1 fully saturated rings. The molecule has 0 aliphatic carbocycles. The van der Waals surface area contributed by atoms with Crippen LogP contribution in [0.15, 0.2) is 5.16 Å². The first-order valence-electron chi connectivity index (χ1n) is 5.77. The molecule has 0 spiro atoms. The third-order valence-electron chi connectivity index (χ3n) is 2.56. The summed E-state index contributed by atoms with van der Waals surface area (Å²) in [5.41, 5.74) is 0. The Labute approximate surface area is 104 Å². The summed E-state index contributed by atoms with van der Waals surface area (Å²) in [6.07, 6.45) is 3.90. The van der Waals surface area contributed by atoms with Crippen molar-refractivity contribution in [3.8, 4) is 6.07 Å². The number of tetrazole rings is 1. The Morgan fingerprint density at radius 2 is 2.53 bits per heavy atom. The van der Waals surface area contributed by atoms with Crippen molar-refractivity contribution in [2.24, 2.45) is 0 Å². The molecule has 1 aromatic rings. The van der Waals surface area contributed by atoms with Crippen LogP contribution in [0.2, 0.25) is 0 Å². The number of rotatable bonds is 6. The van der Waals surface area contributed by atoms with E-state index >= 15 is 0 Å². The van der Waals surface area contributed by atoms with Gasteiger partial charge in [-0.15, -0.1) is 5.10 Å². The zero-order valence-corrected chi connectivity index (χ0v) is 10.4. The molecule has 2 rings (SSSR count). The molecule has 0 radical (unpaired) electrons. The number of thioether (sulfide) groups is 1. The van der Waals surface area contributed by atoms with E-state index in [4.69, 9.17) is 10.00 Å². The molecule has 17 heavy (non-hydrogen) atoms. The third kappa shape index (κ3) is 3.68. The third-order valence-corrected chi connectivity index (χ3v) is 3.61. The van der Waals surface area contributed by atoms with Gasteiger partial charge in [0.05, 0.1) is 18.7 Å². The summed E-state index contributed by atoms with van der Waals surface area (Å²) >= 11 is 1.60. The highest BCUT2D eigenvalue weighted by molar-refractivity contribution is 7.99. The predicted molar refractivity (Wildman–Crippen MR) is 62.4 cm³/mol. The number of hydrogen-bond acceptors (Lipinski definition) is 6. The van der Waals surface area contributed by atoms with Gasteiger partial charge in [0, 0.05) is 18.8 Å².